The number of aryl methyl sites for hydroxylation is 1. The summed E-state index contributed by atoms with van der Waals surface area (Å²) in [6.45, 7) is 3.81. The number of carbonyl (C=O) groups is 1. The summed E-state index contributed by atoms with van der Waals surface area (Å²) >= 11 is 0. The molecule has 0 fully saturated rings. The van der Waals surface area contributed by atoms with Crippen molar-refractivity contribution in [2.24, 2.45) is 4.99 Å². The number of benzene rings is 1. The van der Waals surface area contributed by atoms with Gasteiger partial charge in [0.15, 0.2) is 11.7 Å². The average molecular weight is 314 g/mol. The average Bonchev–Trinajstić information content (AvgIpc) is 3.08. The number of hydrogen-bond acceptors (Lipinski definition) is 3. The molecule has 122 valence electrons. The molecule has 1 heterocycles. The highest BCUT2D eigenvalue weighted by Gasteiger charge is 2.06. The minimum Gasteiger partial charge on any atom is -0.459 e. The van der Waals surface area contributed by atoms with Crippen LogP contribution in [0, 0.1) is 6.92 Å². The topological polar surface area (TPSA) is 78.7 Å². The fourth-order valence-electron chi connectivity index (χ4n) is 2.08. The van der Waals surface area contributed by atoms with Gasteiger partial charge in [0.25, 0.3) is 5.91 Å². The number of nitrogens with one attached hydrogen (secondary N) is 3. The lowest BCUT2D eigenvalue weighted by Crippen LogP contribution is -2.41. The number of guanidine groups is 1. The van der Waals surface area contributed by atoms with E-state index in [9.17, 15) is 4.79 Å². The Morgan fingerprint density at radius 1 is 1.13 bits per heavy atom. The molecule has 0 unspecified atom stereocenters. The summed E-state index contributed by atoms with van der Waals surface area (Å²) in [6.07, 6.45) is 1.48. The summed E-state index contributed by atoms with van der Waals surface area (Å²) in [4.78, 5) is 15.8. The maximum Gasteiger partial charge on any atom is 0.287 e. The van der Waals surface area contributed by atoms with Crippen LogP contribution in [0.15, 0.2) is 52.1 Å². The number of aliphatic imine (C=N–C) groups is 1. The van der Waals surface area contributed by atoms with Gasteiger partial charge in [0.2, 0.25) is 0 Å². The van der Waals surface area contributed by atoms with Crippen molar-refractivity contribution in [1.29, 1.82) is 0 Å². The van der Waals surface area contributed by atoms with Crippen LogP contribution in [-0.4, -0.2) is 32.0 Å². The molecule has 23 heavy (non-hydrogen) atoms. The predicted molar refractivity (Wildman–Crippen MR) is 90.4 cm³/mol. The molecule has 0 spiro atoms. The number of rotatable bonds is 6. The van der Waals surface area contributed by atoms with Gasteiger partial charge in [-0.3, -0.25) is 9.79 Å². The molecule has 6 heteroatoms. The lowest BCUT2D eigenvalue weighted by Gasteiger charge is -2.12. The highest BCUT2D eigenvalue weighted by molar-refractivity contribution is 5.91. The Morgan fingerprint density at radius 2 is 1.96 bits per heavy atom. The molecule has 1 amide bonds. The zero-order valence-electron chi connectivity index (χ0n) is 13.4. The van der Waals surface area contributed by atoms with Crippen molar-refractivity contribution in [3.8, 4) is 0 Å². The molecule has 2 rings (SSSR count). The zero-order chi connectivity index (χ0) is 16.5. The fraction of sp³-hybridized carbons (Fsp3) is 0.294. The molecule has 3 N–H and O–H groups in total. The van der Waals surface area contributed by atoms with Gasteiger partial charge in [0.05, 0.1) is 6.26 Å². The van der Waals surface area contributed by atoms with Gasteiger partial charge in [-0.2, -0.15) is 0 Å². The van der Waals surface area contributed by atoms with Crippen LogP contribution in [0.3, 0.4) is 0 Å². The number of hydrogen-bond donors (Lipinski definition) is 3. The first kappa shape index (κ1) is 16.6. The minimum atomic E-state index is -0.223. The van der Waals surface area contributed by atoms with Crippen LogP contribution in [0.2, 0.25) is 0 Å². The van der Waals surface area contributed by atoms with Crippen LogP contribution in [0.1, 0.15) is 21.7 Å². The minimum absolute atomic E-state index is 0.223. The monoisotopic (exact) mass is 314 g/mol. The molecular formula is C17H22N4O2. The summed E-state index contributed by atoms with van der Waals surface area (Å²) in [7, 11) is 1.72. The summed E-state index contributed by atoms with van der Waals surface area (Å²) in [5.41, 5.74) is 2.42. The van der Waals surface area contributed by atoms with Gasteiger partial charge in [-0.1, -0.05) is 29.8 Å². The largest absolute Gasteiger partial charge is 0.459 e. The Hall–Kier alpha value is -2.76. The third-order valence-electron chi connectivity index (χ3n) is 3.21. The summed E-state index contributed by atoms with van der Waals surface area (Å²) < 4.78 is 5.02. The SMILES string of the molecule is CN=C(NCCNC(=O)c1ccco1)NCc1cccc(C)c1. The highest BCUT2D eigenvalue weighted by atomic mass is 16.3. The molecule has 0 aliphatic carbocycles. The number of amides is 1. The van der Waals surface area contributed by atoms with E-state index in [1.165, 1.54) is 17.4 Å². The van der Waals surface area contributed by atoms with E-state index in [1.807, 2.05) is 6.07 Å². The first-order chi connectivity index (χ1) is 11.2. The van der Waals surface area contributed by atoms with E-state index < -0.39 is 0 Å². The second kappa shape index (κ2) is 8.63. The van der Waals surface area contributed by atoms with Crippen molar-refractivity contribution in [1.82, 2.24) is 16.0 Å². The summed E-state index contributed by atoms with van der Waals surface area (Å²) in [6, 6.07) is 11.6. The molecule has 2 aromatic rings. The molecule has 6 nitrogen and oxygen atoms in total. The normalized spacial score (nSPS) is 11.1. The van der Waals surface area contributed by atoms with Crippen molar-refractivity contribution in [2.45, 2.75) is 13.5 Å². The van der Waals surface area contributed by atoms with Crippen LogP contribution in [0.25, 0.3) is 0 Å². The Bertz CT molecular complexity index is 650. The maximum absolute atomic E-state index is 11.7. The zero-order valence-corrected chi connectivity index (χ0v) is 13.4. The third-order valence-corrected chi connectivity index (χ3v) is 3.21. The van der Waals surface area contributed by atoms with Crippen molar-refractivity contribution in [3.63, 3.8) is 0 Å². The molecule has 0 atom stereocenters. The van der Waals surface area contributed by atoms with E-state index in [0.717, 1.165) is 0 Å². The van der Waals surface area contributed by atoms with Crippen molar-refractivity contribution >= 4 is 11.9 Å². The summed E-state index contributed by atoms with van der Waals surface area (Å²) in [5, 5.41) is 9.15. The first-order valence-electron chi connectivity index (χ1n) is 7.51. The van der Waals surface area contributed by atoms with Gasteiger partial charge in [-0.15, -0.1) is 0 Å². The van der Waals surface area contributed by atoms with Crippen LogP contribution in [0.5, 0.6) is 0 Å². The lowest BCUT2D eigenvalue weighted by atomic mass is 10.1. The molecule has 0 aliphatic heterocycles. The van der Waals surface area contributed by atoms with Crippen molar-refractivity contribution in [3.05, 3.63) is 59.5 Å². The van der Waals surface area contributed by atoms with E-state index in [2.05, 4.69) is 46.1 Å². The van der Waals surface area contributed by atoms with E-state index in [0.29, 0.717) is 31.4 Å². The maximum atomic E-state index is 11.7. The standard InChI is InChI=1S/C17H22N4O2/c1-13-5-3-6-14(11-13)12-21-17(18-2)20-9-8-19-16(22)15-7-4-10-23-15/h3-7,10-11H,8-9,12H2,1-2H3,(H,19,22)(H2,18,20,21). The molecular weight excluding hydrogens is 292 g/mol. The highest BCUT2D eigenvalue weighted by Crippen LogP contribution is 2.03. The van der Waals surface area contributed by atoms with Gasteiger partial charge in [0.1, 0.15) is 0 Å². The molecule has 0 saturated heterocycles. The molecule has 1 aromatic carbocycles. The number of nitrogens with zero attached hydrogens (tertiary/aromatic N) is 1. The molecule has 0 aliphatic rings. The summed E-state index contributed by atoms with van der Waals surface area (Å²) in [5.74, 6) is 0.783. The molecule has 1 aromatic heterocycles. The molecule has 0 radical (unpaired) electrons. The van der Waals surface area contributed by atoms with Crippen LogP contribution < -0.4 is 16.0 Å². The second-order valence-electron chi connectivity index (χ2n) is 5.07. The lowest BCUT2D eigenvalue weighted by molar-refractivity contribution is 0.0926. The Balaban J connectivity index is 1.68. The van der Waals surface area contributed by atoms with E-state index in [1.54, 1.807) is 19.2 Å². The van der Waals surface area contributed by atoms with Gasteiger partial charge >= 0.3 is 0 Å². The van der Waals surface area contributed by atoms with E-state index >= 15 is 0 Å². The molecule has 0 saturated carbocycles. The van der Waals surface area contributed by atoms with Gasteiger partial charge in [0, 0.05) is 26.7 Å². The quantitative estimate of drug-likeness (QED) is 0.431. The van der Waals surface area contributed by atoms with Gasteiger partial charge in [-0.05, 0) is 24.6 Å². The number of carbonyl (C=O) groups excluding carboxylic acids is 1. The Labute approximate surface area is 136 Å². The van der Waals surface area contributed by atoms with Crippen molar-refractivity contribution in [2.75, 3.05) is 20.1 Å². The molecule has 0 bridgehead atoms. The number of furan rings is 1. The van der Waals surface area contributed by atoms with Crippen molar-refractivity contribution < 1.29 is 9.21 Å². The fourth-order valence-corrected chi connectivity index (χ4v) is 2.08. The second-order valence-corrected chi connectivity index (χ2v) is 5.07. The van der Waals surface area contributed by atoms with E-state index in [-0.39, 0.29) is 5.91 Å². The smallest absolute Gasteiger partial charge is 0.287 e. The van der Waals surface area contributed by atoms with Crippen LogP contribution >= 0.6 is 0 Å². The Kier molecular flexibility index (Phi) is 6.23. The van der Waals surface area contributed by atoms with E-state index in [4.69, 9.17) is 4.42 Å². The first-order valence-corrected chi connectivity index (χ1v) is 7.51. The van der Waals surface area contributed by atoms with Gasteiger partial charge < -0.3 is 20.4 Å². The Morgan fingerprint density at radius 3 is 2.65 bits per heavy atom. The van der Waals surface area contributed by atoms with Crippen LogP contribution in [-0.2, 0) is 6.54 Å². The van der Waals surface area contributed by atoms with Gasteiger partial charge in [-0.25, -0.2) is 0 Å². The van der Waals surface area contributed by atoms with Crippen LogP contribution in [0.4, 0.5) is 0 Å². The third kappa shape index (κ3) is 5.50. The predicted octanol–water partition coefficient (Wildman–Crippen LogP) is 1.68.